The van der Waals surface area contributed by atoms with E-state index in [4.69, 9.17) is 25.3 Å². The first-order valence-electron chi connectivity index (χ1n) is 6.22. The molecule has 1 aromatic carbocycles. The second-order valence-corrected chi connectivity index (χ2v) is 6.17. The van der Waals surface area contributed by atoms with Gasteiger partial charge in [-0.05, 0) is 39.8 Å². The van der Waals surface area contributed by atoms with Gasteiger partial charge in [-0.2, -0.15) is 0 Å². The molecule has 0 aliphatic carbocycles. The van der Waals surface area contributed by atoms with E-state index in [2.05, 4.69) is 11.1 Å². The molecule has 0 saturated heterocycles. The molecule has 0 amide bonds. The molecule has 0 aliphatic rings. The Morgan fingerprint density at radius 1 is 0.952 bits per heavy atom. The summed E-state index contributed by atoms with van der Waals surface area (Å²) in [4.78, 5) is 4.14. The molecule has 0 bridgehead atoms. The van der Waals surface area contributed by atoms with E-state index < -0.39 is 18.5 Å². The van der Waals surface area contributed by atoms with Gasteiger partial charge in [-0.15, -0.1) is 11.3 Å². The number of para-hydroxylation sites is 1. The average Bonchev–Trinajstić information content (AvgIpc) is 2.73. The number of rotatable bonds is 1. The van der Waals surface area contributed by atoms with Gasteiger partial charge in [0.05, 0.1) is 26.9 Å². The summed E-state index contributed by atoms with van der Waals surface area (Å²) in [5.41, 5.74) is 0.951. The lowest BCUT2D eigenvalue weighted by Gasteiger charge is -2.31. The predicted molar refractivity (Wildman–Crippen MR) is 84.6 cm³/mol. The third-order valence-corrected chi connectivity index (χ3v) is 3.54. The number of hydrogen-bond acceptors (Lipinski definition) is 7. The van der Waals surface area contributed by atoms with E-state index in [1.807, 2.05) is 23.7 Å². The van der Waals surface area contributed by atoms with Crippen molar-refractivity contribution in [1.82, 2.24) is 4.98 Å². The second-order valence-electron chi connectivity index (χ2n) is 5.28. The van der Waals surface area contributed by atoms with Crippen LogP contribution in [-0.2, 0) is 0 Å². The normalized spacial score (nSPS) is 11.1. The van der Waals surface area contributed by atoms with E-state index in [0.717, 1.165) is 5.52 Å². The number of aromatic nitrogens is 1. The molecule has 1 aromatic heterocycles. The fourth-order valence-corrected chi connectivity index (χ4v) is 1.48. The molecule has 0 aliphatic heterocycles. The Balaban J connectivity index is 0.000000310. The van der Waals surface area contributed by atoms with Gasteiger partial charge in [-0.3, -0.25) is 0 Å². The standard InChI is InChI=1S/C7H5NS.C6H14O2.BH3O3/c1-2-4-7-6(3-1)8-5-9-7;1-5(2,7)6(3,4)8;2-1(3)4/h1-5H;7-8H,1-4H3;2-4H. The molecule has 21 heavy (non-hydrogen) atoms. The summed E-state index contributed by atoms with van der Waals surface area (Å²) >= 11 is 1.68. The van der Waals surface area contributed by atoms with Gasteiger partial charge in [-0.25, -0.2) is 4.98 Å². The number of thiazole rings is 1. The van der Waals surface area contributed by atoms with Gasteiger partial charge in [0.25, 0.3) is 0 Å². The van der Waals surface area contributed by atoms with Crippen molar-refractivity contribution >= 4 is 28.9 Å². The Kier molecular flexibility index (Phi) is 8.01. The first-order valence-corrected chi connectivity index (χ1v) is 7.10. The Hall–Kier alpha value is -1.03. The maximum Gasteiger partial charge on any atom is 0.631 e. The highest BCUT2D eigenvalue weighted by Gasteiger charge is 2.31. The average molecular weight is 315 g/mol. The van der Waals surface area contributed by atoms with E-state index in [1.165, 1.54) is 4.70 Å². The summed E-state index contributed by atoms with van der Waals surface area (Å²) in [6.45, 7) is 6.31. The van der Waals surface area contributed by atoms with Crippen molar-refractivity contribution < 1.29 is 25.3 Å². The summed E-state index contributed by atoms with van der Waals surface area (Å²) in [5, 5.41) is 39.7. The minimum Gasteiger partial charge on any atom is -0.402 e. The highest BCUT2D eigenvalue weighted by molar-refractivity contribution is 7.16. The summed E-state index contributed by atoms with van der Waals surface area (Å²) < 4.78 is 1.26. The van der Waals surface area contributed by atoms with Crippen molar-refractivity contribution in [3.63, 3.8) is 0 Å². The van der Waals surface area contributed by atoms with Crippen molar-refractivity contribution in [3.8, 4) is 0 Å². The molecule has 0 fully saturated rings. The third-order valence-electron chi connectivity index (χ3n) is 2.73. The van der Waals surface area contributed by atoms with Crippen LogP contribution in [0, 0.1) is 0 Å². The largest absolute Gasteiger partial charge is 0.631 e. The van der Waals surface area contributed by atoms with Crippen LogP contribution in [-0.4, -0.2) is 48.8 Å². The van der Waals surface area contributed by atoms with Crippen molar-refractivity contribution in [2.24, 2.45) is 0 Å². The molecule has 0 unspecified atom stereocenters. The Labute approximate surface area is 128 Å². The van der Waals surface area contributed by atoms with Gasteiger partial charge in [0.2, 0.25) is 0 Å². The van der Waals surface area contributed by atoms with Crippen molar-refractivity contribution in [2.75, 3.05) is 0 Å². The van der Waals surface area contributed by atoms with Crippen LogP contribution in [0.5, 0.6) is 0 Å². The van der Waals surface area contributed by atoms with Gasteiger partial charge in [0, 0.05) is 0 Å². The molecule has 5 N–H and O–H groups in total. The quantitative estimate of drug-likeness (QED) is 0.497. The molecular weight excluding hydrogens is 293 g/mol. The van der Waals surface area contributed by atoms with Crippen LogP contribution in [0.1, 0.15) is 27.7 Å². The minimum atomic E-state index is -2.17. The first-order chi connectivity index (χ1) is 9.45. The highest BCUT2D eigenvalue weighted by Crippen LogP contribution is 2.19. The van der Waals surface area contributed by atoms with Crippen molar-refractivity contribution in [3.05, 3.63) is 29.8 Å². The first kappa shape index (κ1) is 20.0. The molecule has 0 atom stereocenters. The maximum atomic E-state index is 9.10. The molecule has 118 valence electrons. The number of benzene rings is 1. The van der Waals surface area contributed by atoms with E-state index in [1.54, 1.807) is 39.0 Å². The van der Waals surface area contributed by atoms with Crippen LogP contribution in [0.2, 0.25) is 0 Å². The molecule has 0 spiro atoms. The summed E-state index contributed by atoms with van der Waals surface area (Å²) in [5.74, 6) is 0. The molecule has 6 nitrogen and oxygen atoms in total. The molecule has 2 rings (SSSR count). The Bertz CT molecular complexity index is 474. The number of aliphatic hydroxyl groups is 2. The molecule has 2 aromatic rings. The lowest BCUT2D eigenvalue weighted by molar-refractivity contribution is -0.107. The number of hydrogen-bond donors (Lipinski definition) is 5. The van der Waals surface area contributed by atoms with Crippen molar-refractivity contribution in [1.29, 1.82) is 0 Å². The molecular formula is C13H22BNO5S. The van der Waals surface area contributed by atoms with E-state index >= 15 is 0 Å². The fourth-order valence-electron chi connectivity index (χ4n) is 0.803. The maximum absolute atomic E-state index is 9.10. The monoisotopic (exact) mass is 315 g/mol. The van der Waals surface area contributed by atoms with Crippen LogP contribution < -0.4 is 0 Å². The molecule has 8 heteroatoms. The molecule has 1 heterocycles. The van der Waals surface area contributed by atoms with Gasteiger partial charge < -0.3 is 25.3 Å². The van der Waals surface area contributed by atoms with Gasteiger partial charge in [-0.1, -0.05) is 12.1 Å². The summed E-state index contributed by atoms with van der Waals surface area (Å²) in [7, 11) is -2.17. The van der Waals surface area contributed by atoms with E-state index in [-0.39, 0.29) is 0 Å². The summed E-state index contributed by atoms with van der Waals surface area (Å²) in [6.07, 6.45) is 0. The third kappa shape index (κ3) is 8.77. The summed E-state index contributed by atoms with van der Waals surface area (Å²) in [6, 6.07) is 8.13. The SMILES string of the molecule is CC(C)(O)C(C)(C)O.OB(O)O.c1ccc2scnc2c1. The van der Waals surface area contributed by atoms with Gasteiger partial charge in [0.1, 0.15) is 0 Å². The van der Waals surface area contributed by atoms with E-state index in [0.29, 0.717) is 0 Å². The lowest BCUT2D eigenvalue weighted by Crippen LogP contribution is -2.44. The fraction of sp³-hybridized carbons (Fsp3) is 0.462. The predicted octanol–water partition coefficient (Wildman–Crippen LogP) is 0.773. The lowest BCUT2D eigenvalue weighted by atomic mass is 9.90. The van der Waals surface area contributed by atoms with Crippen LogP contribution in [0.15, 0.2) is 29.8 Å². The topological polar surface area (TPSA) is 114 Å². The van der Waals surface area contributed by atoms with Gasteiger partial charge in [0.15, 0.2) is 0 Å². The molecule has 0 saturated carbocycles. The Morgan fingerprint density at radius 2 is 1.38 bits per heavy atom. The van der Waals surface area contributed by atoms with Crippen LogP contribution in [0.3, 0.4) is 0 Å². The zero-order chi connectivity index (χ0) is 16.7. The molecule has 0 radical (unpaired) electrons. The van der Waals surface area contributed by atoms with Crippen LogP contribution >= 0.6 is 11.3 Å². The van der Waals surface area contributed by atoms with Crippen LogP contribution in [0.4, 0.5) is 0 Å². The zero-order valence-corrected chi connectivity index (χ0v) is 13.4. The smallest absolute Gasteiger partial charge is 0.402 e. The number of fused-ring (bicyclic) bond motifs is 1. The second kappa shape index (κ2) is 8.43. The Morgan fingerprint density at radius 3 is 1.76 bits per heavy atom. The van der Waals surface area contributed by atoms with Crippen molar-refractivity contribution in [2.45, 2.75) is 38.9 Å². The van der Waals surface area contributed by atoms with Gasteiger partial charge >= 0.3 is 7.32 Å². The van der Waals surface area contributed by atoms with E-state index in [9.17, 15) is 0 Å². The van der Waals surface area contributed by atoms with Crippen LogP contribution in [0.25, 0.3) is 10.2 Å². The zero-order valence-electron chi connectivity index (χ0n) is 12.6. The highest BCUT2D eigenvalue weighted by atomic mass is 32.1. The number of nitrogens with zero attached hydrogens (tertiary/aromatic N) is 1. The minimum absolute atomic E-state index is 1.01.